The van der Waals surface area contributed by atoms with Crippen LogP contribution in [0.1, 0.15) is 6.92 Å². The summed E-state index contributed by atoms with van der Waals surface area (Å²) in [5, 5.41) is 0.450. The highest BCUT2D eigenvalue weighted by molar-refractivity contribution is 7.80. The molecule has 6 nitrogen and oxygen atoms in total. The van der Waals surface area contributed by atoms with Crippen LogP contribution in [0.2, 0.25) is 0 Å². The van der Waals surface area contributed by atoms with Crippen molar-refractivity contribution in [3.63, 3.8) is 0 Å². The number of carbonyl (C=O) groups excluding carboxylic acids is 1. The van der Waals surface area contributed by atoms with Crippen molar-refractivity contribution in [1.29, 1.82) is 0 Å². The normalized spacial score (nSPS) is 12.3. The van der Waals surface area contributed by atoms with Gasteiger partial charge in [-0.25, -0.2) is 4.79 Å². The van der Waals surface area contributed by atoms with Crippen molar-refractivity contribution >= 4 is 44.1 Å². The van der Waals surface area contributed by atoms with Crippen LogP contribution < -0.4 is 9.60 Å². The van der Waals surface area contributed by atoms with E-state index in [1.54, 1.807) is 16.4 Å². The van der Waals surface area contributed by atoms with Gasteiger partial charge in [0.1, 0.15) is 0 Å². The summed E-state index contributed by atoms with van der Waals surface area (Å²) in [6.45, 7) is 2.02. The fourth-order valence-electron chi connectivity index (χ4n) is 1.58. The van der Waals surface area contributed by atoms with Crippen molar-refractivity contribution in [3.8, 4) is 5.69 Å². The lowest BCUT2D eigenvalue weighted by atomic mass is 10.3. The van der Waals surface area contributed by atoms with E-state index in [4.69, 9.17) is 17.0 Å². The van der Waals surface area contributed by atoms with Gasteiger partial charge in [0.05, 0.1) is 12.3 Å². The smallest absolute Gasteiger partial charge is 0.436 e. The molecular weight excluding hydrogens is 352 g/mol. The first-order chi connectivity index (χ1) is 11.0. The molecule has 0 bridgehead atoms. The largest absolute Gasteiger partial charge is 0.448 e. The zero-order valence-electron chi connectivity index (χ0n) is 12.9. The number of aromatic nitrogens is 1. The maximum Gasteiger partial charge on any atom is 0.436 e. The molecule has 0 unspecified atom stereocenters. The molecule has 0 radical (unpaired) electrons. The average Bonchev–Trinajstić information content (AvgIpc) is 2.90. The van der Waals surface area contributed by atoms with Gasteiger partial charge in [0, 0.05) is 14.1 Å². The van der Waals surface area contributed by atoms with Crippen molar-refractivity contribution in [2.24, 2.45) is 9.98 Å². The summed E-state index contributed by atoms with van der Waals surface area (Å²) in [5.41, 5.74) is 0.855. The highest BCUT2D eigenvalue weighted by atomic mass is 32.9. The Hall–Kier alpha value is -1.84. The average molecular weight is 369 g/mol. The van der Waals surface area contributed by atoms with Crippen LogP contribution in [-0.2, 0) is 4.74 Å². The molecule has 0 atom stereocenters. The Morgan fingerprint density at radius 2 is 1.83 bits per heavy atom. The molecule has 122 valence electrons. The van der Waals surface area contributed by atoms with E-state index in [9.17, 15) is 4.79 Å². The molecule has 2 aromatic rings. The molecule has 1 amide bonds. The lowest BCUT2D eigenvalue weighted by molar-refractivity contribution is 0.162. The van der Waals surface area contributed by atoms with Gasteiger partial charge in [0.15, 0.2) is 5.11 Å². The second-order valence-electron chi connectivity index (χ2n) is 4.50. The zero-order chi connectivity index (χ0) is 16.8. The fraction of sp³-hybridized carbons (Fsp3) is 0.286. The van der Waals surface area contributed by atoms with Crippen molar-refractivity contribution in [3.05, 3.63) is 39.9 Å². The third-order valence-electron chi connectivity index (χ3n) is 2.62. The number of para-hydroxylation sites is 1. The summed E-state index contributed by atoms with van der Waals surface area (Å²) in [6.07, 6.45) is -0.618. The first-order valence-electron chi connectivity index (χ1n) is 6.78. The minimum Gasteiger partial charge on any atom is -0.448 e. The van der Waals surface area contributed by atoms with Gasteiger partial charge >= 0.3 is 6.09 Å². The molecule has 0 saturated carbocycles. The maximum absolute atomic E-state index is 11.7. The summed E-state index contributed by atoms with van der Waals surface area (Å²) >= 11 is 5.24. The molecule has 0 aliphatic heterocycles. The van der Waals surface area contributed by atoms with E-state index in [0.717, 1.165) is 5.69 Å². The van der Waals surface area contributed by atoms with Crippen LogP contribution in [0.15, 0.2) is 40.3 Å². The first kappa shape index (κ1) is 17.5. The van der Waals surface area contributed by atoms with Crippen LogP contribution in [0.5, 0.6) is 0 Å². The molecule has 1 aromatic carbocycles. The third kappa shape index (κ3) is 4.57. The van der Waals surface area contributed by atoms with Gasteiger partial charge in [-0.1, -0.05) is 18.2 Å². The molecule has 23 heavy (non-hydrogen) atoms. The van der Waals surface area contributed by atoms with Crippen LogP contribution >= 0.6 is 32.9 Å². The van der Waals surface area contributed by atoms with Crippen molar-refractivity contribution in [2.45, 2.75) is 6.92 Å². The molecule has 0 spiro atoms. The van der Waals surface area contributed by atoms with Crippen molar-refractivity contribution in [2.75, 3.05) is 20.7 Å². The standard InChI is InChI=1S/C14H16N4O2S3/c1-4-20-14(19)16-13-18(10-8-6-5-7-9-10)12(22-23-13)15-11(21)17(2)3/h5-9H,4H2,1-3H3/b15-12-,16-13-. The Morgan fingerprint density at radius 3 is 2.39 bits per heavy atom. The van der Waals surface area contributed by atoms with E-state index in [1.807, 2.05) is 44.4 Å². The summed E-state index contributed by atoms with van der Waals surface area (Å²) < 4.78 is 6.69. The monoisotopic (exact) mass is 368 g/mol. The number of carbonyl (C=O) groups is 1. The number of benzene rings is 1. The predicted octanol–water partition coefficient (Wildman–Crippen LogP) is 2.40. The first-order valence-corrected chi connectivity index (χ1v) is 9.34. The van der Waals surface area contributed by atoms with Crippen LogP contribution in [-0.4, -0.2) is 41.4 Å². The zero-order valence-corrected chi connectivity index (χ0v) is 15.4. The molecule has 9 heteroatoms. The number of thiocarbonyl (C=S) groups is 1. The highest BCUT2D eigenvalue weighted by Gasteiger charge is 2.08. The maximum atomic E-state index is 11.7. The van der Waals surface area contributed by atoms with Crippen LogP contribution in [0, 0.1) is 0 Å². The summed E-state index contributed by atoms with van der Waals surface area (Å²) in [5.74, 6) is 0. The van der Waals surface area contributed by atoms with Gasteiger partial charge in [-0.3, -0.25) is 4.57 Å². The van der Waals surface area contributed by atoms with Gasteiger partial charge in [0.2, 0.25) is 9.60 Å². The quantitative estimate of drug-likeness (QED) is 0.603. The summed E-state index contributed by atoms with van der Waals surface area (Å²) in [4.78, 5) is 23.0. The fourth-order valence-corrected chi connectivity index (χ4v) is 3.82. The van der Waals surface area contributed by atoms with Gasteiger partial charge in [0.25, 0.3) is 0 Å². The molecule has 2 rings (SSSR count). The molecule has 0 fully saturated rings. The minimum absolute atomic E-state index is 0.282. The van der Waals surface area contributed by atoms with Crippen molar-refractivity contribution < 1.29 is 9.53 Å². The number of ether oxygens (including phenoxy) is 1. The van der Waals surface area contributed by atoms with Crippen molar-refractivity contribution in [1.82, 2.24) is 9.47 Å². The number of nitrogens with zero attached hydrogens (tertiary/aromatic N) is 4. The van der Waals surface area contributed by atoms with E-state index in [1.165, 1.54) is 20.7 Å². The molecular formula is C14H16N4O2S3. The Balaban J connectivity index is 2.65. The molecule has 0 aliphatic rings. The van der Waals surface area contributed by atoms with E-state index in [2.05, 4.69) is 9.98 Å². The van der Waals surface area contributed by atoms with E-state index in [-0.39, 0.29) is 6.61 Å². The second-order valence-corrected chi connectivity index (χ2v) is 6.93. The third-order valence-corrected chi connectivity index (χ3v) is 5.15. The Kier molecular flexibility index (Phi) is 6.20. The summed E-state index contributed by atoms with van der Waals surface area (Å²) in [7, 11) is 6.41. The van der Waals surface area contributed by atoms with Gasteiger partial charge in [-0.15, -0.1) is 4.99 Å². The predicted molar refractivity (Wildman–Crippen MR) is 96.0 cm³/mol. The molecule has 0 aliphatic carbocycles. The van der Waals surface area contributed by atoms with Crippen LogP contribution in [0.4, 0.5) is 4.79 Å². The molecule has 0 N–H and O–H groups in total. The van der Waals surface area contributed by atoms with E-state index in [0.29, 0.717) is 14.7 Å². The number of hydrogen-bond donors (Lipinski definition) is 0. The van der Waals surface area contributed by atoms with E-state index >= 15 is 0 Å². The van der Waals surface area contributed by atoms with Gasteiger partial charge in [-0.2, -0.15) is 4.99 Å². The summed E-state index contributed by atoms with van der Waals surface area (Å²) in [6, 6.07) is 9.58. The van der Waals surface area contributed by atoms with Crippen LogP contribution in [0.25, 0.3) is 5.69 Å². The van der Waals surface area contributed by atoms with Gasteiger partial charge < -0.3 is 9.64 Å². The van der Waals surface area contributed by atoms with Gasteiger partial charge in [-0.05, 0) is 52.0 Å². The topological polar surface area (TPSA) is 59.2 Å². The SMILES string of the molecule is CCOC(=O)/N=c1\ss/c(=N\C(=S)N(C)C)n1-c1ccccc1. The minimum atomic E-state index is -0.618. The second kappa shape index (κ2) is 8.14. The van der Waals surface area contributed by atoms with Crippen LogP contribution in [0.3, 0.4) is 0 Å². The lowest BCUT2D eigenvalue weighted by Crippen LogP contribution is -2.28. The number of rotatable bonds is 2. The Bertz CT molecular complexity index is 818. The molecule has 1 aromatic heterocycles. The molecule has 1 heterocycles. The number of hydrogen-bond acceptors (Lipinski definition) is 5. The lowest BCUT2D eigenvalue weighted by Gasteiger charge is -2.08. The molecule has 0 saturated heterocycles. The Labute approximate surface area is 146 Å². The number of amides is 1. The highest BCUT2D eigenvalue weighted by Crippen LogP contribution is 2.05. The van der Waals surface area contributed by atoms with E-state index < -0.39 is 6.09 Å². The Morgan fingerprint density at radius 1 is 1.22 bits per heavy atom.